The standard InChI is InChI=1S/C17H23N7/c18-15-8-7-13(19-20-15)14-2-1-9-23(14)10-16-21-22-17(11-3-4-11)24(16)12-5-6-12/h7-8,11-12,14H,1-6,9-10H2,(H2,18,20). The van der Waals surface area contributed by atoms with Gasteiger partial charge >= 0.3 is 0 Å². The Hall–Kier alpha value is -2.02. The van der Waals surface area contributed by atoms with Crippen LogP contribution in [0.5, 0.6) is 0 Å². The first-order valence-corrected chi connectivity index (χ1v) is 9.06. The average Bonchev–Trinajstić information content (AvgIpc) is 3.52. The van der Waals surface area contributed by atoms with Crippen LogP contribution in [-0.4, -0.2) is 36.4 Å². The Morgan fingerprint density at radius 2 is 1.88 bits per heavy atom. The zero-order valence-corrected chi connectivity index (χ0v) is 13.8. The molecule has 7 nitrogen and oxygen atoms in total. The van der Waals surface area contributed by atoms with Crippen molar-refractivity contribution in [3.63, 3.8) is 0 Å². The fourth-order valence-corrected chi connectivity index (χ4v) is 3.86. The van der Waals surface area contributed by atoms with Gasteiger partial charge in [0.2, 0.25) is 0 Å². The monoisotopic (exact) mass is 325 g/mol. The Morgan fingerprint density at radius 1 is 1.00 bits per heavy atom. The second-order valence-electron chi connectivity index (χ2n) is 7.36. The van der Waals surface area contributed by atoms with E-state index >= 15 is 0 Å². The van der Waals surface area contributed by atoms with Crippen LogP contribution >= 0.6 is 0 Å². The van der Waals surface area contributed by atoms with Crippen LogP contribution in [-0.2, 0) is 6.54 Å². The first kappa shape index (κ1) is 14.3. The fourth-order valence-electron chi connectivity index (χ4n) is 3.86. The highest BCUT2D eigenvalue weighted by Gasteiger charge is 2.37. The van der Waals surface area contributed by atoms with Gasteiger partial charge in [-0.15, -0.1) is 15.3 Å². The van der Waals surface area contributed by atoms with Crippen LogP contribution in [0.15, 0.2) is 12.1 Å². The van der Waals surface area contributed by atoms with E-state index in [0.717, 1.165) is 31.0 Å². The molecule has 126 valence electrons. The van der Waals surface area contributed by atoms with Gasteiger partial charge in [-0.2, -0.15) is 5.10 Å². The van der Waals surface area contributed by atoms with Gasteiger partial charge < -0.3 is 10.3 Å². The molecule has 3 fully saturated rings. The molecule has 2 aromatic rings. The SMILES string of the molecule is Nc1ccc(C2CCCN2Cc2nnc(C3CC3)n2C2CC2)nn1. The zero-order chi connectivity index (χ0) is 16.1. The lowest BCUT2D eigenvalue weighted by Crippen LogP contribution is -2.25. The third-order valence-electron chi connectivity index (χ3n) is 5.40. The number of likely N-dealkylation sites (tertiary alicyclic amines) is 1. The smallest absolute Gasteiger partial charge is 0.147 e. The van der Waals surface area contributed by atoms with E-state index in [4.69, 9.17) is 5.73 Å². The predicted molar refractivity (Wildman–Crippen MR) is 89.1 cm³/mol. The number of hydrogen-bond donors (Lipinski definition) is 1. The van der Waals surface area contributed by atoms with Crippen LogP contribution in [0.3, 0.4) is 0 Å². The van der Waals surface area contributed by atoms with Crippen molar-refractivity contribution in [1.82, 2.24) is 29.9 Å². The van der Waals surface area contributed by atoms with Crippen LogP contribution in [0, 0.1) is 0 Å². The molecule has 2 N–H and O–H groups in total. The second kappa shape index (κ2) is 5.51. The van der Waals surface area contributed by atoms with E-state index in [1.54, 1.807) is 0 Å². The van der Waals surface area contributed by atoms with Crippen molar-refractivity contribution < 1.29 is 0 Å². The summed E-state index contributed by atoms with van der Waals surface area (Å²) < 4.78 is 2.45. The zero-order valence-electron chi connectivity index (χ0n) is 13.8. The number of anilines is 1. The van der Waals surface area contributed by atoms with Gasteiger partial charge in [0.15, 0.2) is 0 Å². The Balaban J connectivity index is 1.39. The van der Waals surface area contributed by atoms with Crippen LogP contribution in [0.2, 0.25) is 0 Å². The Bertz CT molecular complexity index is 730. The van der Waals surface area contributed by atoms with Crippen LogP contribution in [0.25, 0.3) is 0 Å². The summed E-state index contributed by atoms with van der Waals surface area (Å²) in [6.07, 6.45) is 7.40. The molecule has 3 aliphatic rings. The van der Waals surface area contributed by atoms with Gasteiger partial charge in [0, 0.05) is 12.0 Å². The summed E-state index contributed by atoms with van der Waals surface area (Å²) in [5.41, 5.74) is 6.69. The van der Waals surface area contributed by atoms with E-state index in [-0.39, 0.29) is 0 Å². The number of rotatable bonds is 5. The molecule has 0 bridgehead atoms. The van der Waals surface area contributed by atoms with Crippen molar-refractivity contribution in [1.29, 1.82) is 0 Å². The van der Waals surface area contributed by atoms with Crippen LogP contribution in [0.4, 0.5) is 5.82 Å². The first-order valence-electron chi connectivity index (χ1n) is 9.06. The quantitative estimate of drug-likeness (QED) is 0.907. The third kappa shape index (κ3) is 2.56. The van der Waals surface area contributed by atoms with E-state index in [0.29, 0.717) is 23.8 Å². The summed E-state index contributed by atoms with van der Waals surface area (Å²) in [5, 5.41) is 17.4. The number of nitrogens with zero attached hydrogens (tertiary/aromatic N) is 6. The highest BCUT2D eigenvalue weighted by atomic mass is 15.3. The lowest BCUT2D eigenvalue weighted by molar-refractivity contribution is 0.233. The van der Waals surface area contributed by atoms with Gasteiger partial charge in [0.05, 0.1) is 18.3 Å². The van der Waals surface area contributed by atoms with E-state index in [1.165, 1.54) is 37.9 Å². The third-order valence-corrected chi connectivity index (χ3v) is 5.40. The van der Waals surface area contributed by atoms with Gasteiger partial charge in [-0.25, -0.2) is 0 Å². The van der Waals surface area contributed by atoms with E-state index in [2.05, 4.69) is 29.9 Å². The summed E-state index contributed by atoms with van der Waals surface area (Å²) in [6.45, 7) is 1.93. The Labute approximate surface area is 141 Å². The lowest BCUT2D eigenvalue weighted by Gasteiger charge is -2.23. The molecule has 1 atom stereocenters. The predicted octanol–water partition coefficient (Wildman–Crippen LogP) is 2.20. The maximum absolute atomic E-state index is 5.67. The maximum atomic E-state index is 5.67. The van der Waals surface area contributed by atoms with E-state index in [1.807, 2.05) is 12.1 Å². The molecule has 1 saturated heterocycles. The largest absolute Gasteiger partial charge is 0.382 e. The molecule has 2 aromatic heterocycles. The molecule has 0 spiro atoms. The molecule has 1 unspecified atom stereocenters. The maximum Gasteiger partial charge on any atom is 0.147 e. The van der Waals surface area contributed by atoms with E-state index in [9.17, 15) is 0 Å². The number of nitrogen functional groups attached to an aromatic ring is 1. The molecule has 0 radical (unpaired) electrons. The van der Waals surface area contributed by atoms with Crippen molar-refractivity contribution in [2.75, 3.05) is 12.3 Å². The van der Waals surface area contributed by atoms with Gasteiger partial charge in [0.1, 0.15) is 17.5 Å². The molecular weight excluding hydrogens is 302 g/mol. The summed E-state index contributed by atoms with van der Waals surface area (Å²) >= 11 is 0. The summed E-state index contributed by atoms with van der Waals surface area (Å²) in [5.74, 6) is 3.50. The van der Waals surface area contributed by atoms with Crippen LogP contribution < -0.4 is 5.73 Å². The average molecular weight is 325 g/mol. The molecule has 0 aromatic carbocycles. The molecular formula is C17H23N7. The highest BCUT2D eigenvalue weighted by Crippen LogP contribution is 2.45. The lowest BCUT2D eigenvalue weighted by atomic mass is 10.1. The van der Waals surface area contributed by atoms with Crippen molar-refractivity contribution in [3.8, 4) is 0 Å². The Morgan fingerprint density at radius 3 is 2.58 bits per heavy atom. The molecule has 0 amide bonds. The minimum Gasteiger partial charge on any atom is -0.382 e. The summed E-state index contributed by atoms with van der Waals surface area (Å²) in [6, 6.07) is 4.80. The van der Waals surface area contributed by atoms with Gasteiger partial charge in [-0.1, -0.05) is 0 Å². The number of aromatic nitrogens is 5. The normalized spacial score (nSPS) is 24.6. The topological polar surface area (TPSA) is 85.8 Å². The van der Waals surface area contributed by atoms with Gasteiger partial charge in [-0.05, 0) is 57.2 Å². The van der Waals surface area contributed by atoms with Crippen molar-refractivity contribution in [3.05, 3.63) is 29.5 Å². The molecule has 7 heteroatoms. The minimum atomic E-state index is 0.312. The van der Waals surface area contributed by atoms with Crippen LogP contribution in [0.1, 0.15) is 73.9 Å². The highest BCUT2D eigenvalue weighted by molar-refractivity contribution is 5.26. The van der Waals surface area contributed by atoms with Crippen molar-refractivity contribution in [2.45, 2.75) is 63.1 Å². The molecule has 2 saturated carbocycles. The van der Waals surface area contributed by atoms with Gasteiger partial charge in [0.25, 0.3) is 0 Å². The van der Waals surface area contributed by atoms with Crippen molar-refractivity contribution >= 4 is 5.82 Å². The first-order chi connectivity index (χ1) is 11.8. The number of hydrogen-bond acceptors (Lipinski definition) is 6. The summed E-state index contributed by atoms with van der Waals surface area (Å²) in [4.78, 5) is 2.47. The van der Waals surface area contributed by atoms with Gasteiger partial charge in [-0.3, -0.25) is 4.90 Å². The molecule has 3 heterocycles. The minimum absolute atomic E-state index is 0.312. The molecule has 2 aliphatic carbocycles. The fraction of sp³-hybridized carbons (Fsp3) is 0.647. The Kier molecular flexibility index (Phi) is 3.29. The molecule has 5 rings (SSSR count). The second-order valence-corrected chi connectivity index (χ2v) is 7.36. The summed E-state index contributed by atoms with van der Waals surface area (Å²) in [7, 11) is 0. The molecule has 1 aliphatic heterocycles. The van der Waals surface area contributed by atoms with E-state index < -0.39 is 0 Å². The number of nitrogens with two attached hydrogens (primary N) is 1. The molecule has 24 heavy (non-hydrogen) atoms. The van der Waals surface area contributed by atoms with Crippen molar-refractivity contribution in [2.24, 2.45) is 0 Å².